The van der Waals surface area contributed by atoms with Crippen LogP contribution in [-0.4, -0.2) is 0 Å². The lowest BCUT2D eigenvalue weighted by Crippen LogP contribution is -2.20. The minimum absolute atomic E-state index is 0.167. The molecule has 1 aliphatic rings. The molecular formula is C18H12N2OS. The highest BCUT2D eigenvalue weighted by Crippen LogP contribution is 2.46. The number of nitriles is 1. The van der Waals surface area contributed by atoms with E-state index in [2.05, 4.69) is 18.2 Å². The van der Waals surface area contributed by atoms with E-state index in [0.717, 1.165) is 27.0 Å². The number of fused-ring (bicyclic) bond motifs is 3. The molecule has 2 heterocycles. The van der Waals surface area contributed by atoms with Crippen LogP contribution in [0.5, 0.6) is 5.75 Å². The zero-order chi connectivity index (χ0) is 15.1. The van der Waals surface area contributed by atoms with Crippen LogP contribution in [0.4, 0.5) is 0 Å². The lowest BCUT2D eigenvalue weighted by molar-refractivity contribution is 0.395. The molecule has 0 radical (unpaired) electrons. The third-order valence-corrected chi connectivity index (χ3v) is 4.88. The van der Waals surface area contributed by atoms with Crippen molar-refractivity contribution in [1.82, 2.24) is 0 Å². The van der Waals surface area contributed by atoms with Crippen molar-refractivity contribution in [2.45, 2.75) is 5.92 Å². The van der Waals surface area contributed by atoms with Crippen molar-refractivity contribution in [2.24, 2.45) is 5.73 Å². The summed E-state index contributed by atoms with van der Waals surface area (Å²) in [6.45, 7) is 0. The van der Waals surface area contributed by atoms with Crippen LogP contribution < -0.4 is 10.5 Å². The molecule has 0 amide bonds. The maximum Gasteiger partial charge on any atom is 0.205 e. The van der Waals surface area contributed by atoms with Crippen LogP contribution in [0.1, 0.15) is 16.4 Å². The maximum absolute atomic E-state index is 9.57. The molecule has 3 nitrogen and oxygen atoms in total. The van der Waals surface area contributed by atoms with Gasteiger partial charge in [-0.1, -0.05) is 36.4 Å². The number of allylic oxidation sites excluding steroid dienone is 1. The second-order valence-corrected chi connectivity index (χ2v) is 6.12. The monoisotopic (exact) mass is 304 g/mol. The normalized spacial score (nSPS) is 17.0. The summed E-state index contributed by atoms with van der Waals surface area (Å²) in [7, 11) is 0. The topological polar surface area (TPSA) is 59.0 Å². The highest BCUT2D eigenvalue weighted by atomic mass is 32.1. The van der Waals surface area contributed by atoms with Crippen LogP contribution in [0, 0.1) is 11.3 Å². The molecule has 1 atom stereocenters. The summed E-state index contributed by atoms with van der Waals surface area (Å²) in [4.78, 5) is 1.10. The van der Waals surface area contributed by atoms with Gasteiger partial charge in [0.1, 0.15) is 17.4 Å². The Morgan fingerprint density at radius 1 is 1.09 bits per heavy atom. The first-order valence-electron chi connectivity index (χ1n) is 6.92. The lowest BCUT2D eigenvalue weighted by Gasteiger charge is -2.26. The summed E-state index contributed by atoms with van der Waals surface area (Å²) in [5, 5.41) is 13.8. The molecule has 0 saturated carbocycles. The van der Waals surface area contributed by atoms with E-state index in [1.165, 1.54) is 0 Å². The summed E-state index contributed by atoms with van der Waals surface area (Å²) in [5.41, 5.74) is 7.48. The van der Waals surface area contributed by atoms with Gasteiger partial charge >= 0.3 is 0 Å². The largest absolute Gasteiger partial charge is 0.440 e. The lowest BCUT2D eigenvalue weighted by atomic mass is 9.85. The van der Waals surface area contributed by atoms with E-state index in [1.807, 2.05) is 41.8 Å². The second-order valence-electron chi connectivity index (χ2n) is 5.14. The summed E-state index contributed by atoms with van der Waals surface area (Å²) in [5.74, 6) is 0.761. The number of benzene rings is 2. The third kappa shape index (κ3) is 1.80. The van der Waals surface area contributed by atoms with Gasteiger partial charge in [0.25, 0.3) is 0 Å². The van der Waals surface area contributed by atoms with E-state index in [1.54, 1.807) is 11.3 Å². The van der Waals surface area contributed by atoms with Gasteiger partial charge in [-0.15, -0.1) is 11.3 Å². The number of hydrogen-bond donors (Lipinski definition) is 1. The average molecular weight is 304 g/mol. The molecule has 0 bridgehead atoms. The van der Waals surface area contributed by atoms with E-state index in [0.29, 0.717) is 5.57 Å². The Morgan fingerprint density at radius 3 is 2.73 bits per heavy atom. The van der Waals surface area contributed by atoms with Gasteiger partial charge in [0, 0.05) is 10.4 Å². The molecule has 106 valence electrons. The minimum Gasteiger partial charge on any atom is -0.440 e. The highest BCUT2D eigenvalue weighted by Gasteiger charge is 2.32. The van der Waals surface area contributed by atoms with Crippen molar-refractivity contribution in [2.75, 3.05) is 0 Å². The quantitative estimate of drug-likeness (QED) is 0.735. The van der Waals surface area contributed by atoms with Gasteiger partial charge < -0.3 is 10.5 Å². The summed E-state index contributed by atoms with van der Waals surface area (Å²) < 4.78 is 5.71. The predicted molar refractivity (Wildman–Crippen MR) is 87.6 cm³/mol. The number of nitrogens with two attached hydrogens (primary N) is 1. The second kappa shape index (κ2) is 4.90. The van der Waals surface area contributed by atoms with E-state index in [4.69, 9.17) is 10.5 Å². The van der Waals surface area contributed by atoms with E-state index < -0.39 is 0 Å². The SMILES string of the molecule is N#CC1=C(N)Oc2ccc3ccccc3c2[C@H]1c1cccs1. The van der Waals surface area contributed by atoms with E-state index in [-0.39, 0.29) is 11.8 Å². The van der Waals surface area contributed by atoms with Crippen LogP contribution in [0.15, 0.2) is 65.4 Å². The Bertz CT molecular complexity index is 935. The number of thiophene rings is 1. The Kier molecular flexibility index (Phi) is 2.88. The van der Waals surface area contributed by atoms with Crippen LogP contribution in [-0.2, 0) is 0 Å². The Hall–Kier alpha value is -2.77. The Labute approximate surface area is 131 Å². The van der Waals surface area contributed by atoms with E-state index in [9.17, 15) is 5.26 Å². The summed E-state index contributed by atoms with van der Waals surface area (Å²) in [6, 6.07) is 18.4. The first-order valence-corrected chi connectivity index (χ1v) is 7.80. The van der Waals surface area contributed by atoms with Gasteiger partial charge in [-0.25, -0.2) is 0 Å². The van der Waals surface area contributed by atoms with Gasteiger partial charge in [-0.3, -0.25) is 0 Å². The molecule has 0 unspecified atom stereocenters. The Balaban J connectivity index is 2.08. The van der Waals surface area contributed by atoms with E-state index >= 15 is 0 Å². The van der Waals surface area contributed by atoms with Gasteiger partial charge in [0.15, 0.2) is 0 Å². The number of nitrogens with zero attached hydrogens (tertiary/aromatic N) is 1. The van der Waals surface area contributed by atoms with Crippen molar-refractivity contribution < 1.29 is 4.74 Å². The van der Waals surface area contributed by atoms with Crippen LogP contribution in [0.3, 0.4) is 0 Å². The number of ether oxygens (including phenoxy) is 1. The molecular weight excluding hydrogens is 292 g/mol. The van der Waals surface area contributed by atoms with Crippen molar-refractivity contribution >= 4 is 22.1 Å². The molecule has 0 fully saturated rings. The first kappa shape index (κ1) is 12.9. The van der Waals surface area contributed by atoms with Crippen molar-refractivity contribution in [3.05, 3.63) is 75.8 Å². The highest BCUT2D eigenvalue weighted by molar-refractivity contribution is 7.10. The zero-order valence-electron chi connectivity index (χ0n) is 11.6. The van der Waals surface area contributed by atoms with Crippen LogP contribution >= 0.6 is 11.3 Å². The van der Waals surface area contributed by atoms with Gasteiger partial charge in [-0.05, 0) is 28.3 Å². The molecule has 3 aromatic rings. The van der Waals surface area contributed by atoms with Crippen molar-refractivity contribution in [3.8, 4) is 11.8 Å². The molecule has 4 heteroatoms. The van der Waals surface area contributed by atoms with Crippen LogP contribution in [0.25, 0.3) is 10.8 Å². The molecule has 0 saturated heterocycles. The fourth-order valence-corrected chi connectivity index (χ4v) is 3.83. The van der Waals surface area contributed by atoms with Gasteiger partial charge in [-0.2, -0.15) is 5.26 Å². The zero-order valence-corrected chi connectivity index (χ0v) is 12.4. The van der Waals surface area contributed by atoms with Crippen molar-refractivity contribution in [3.63, 3.8) is 0 Å². The summed E-state index contributed by atoms with van der Waals surface area (Å²) >= 11 is 1.63. The molecule has 22 heavy (non-hydrogen) atoms. The predicted octanol–water partition coefficient (Wildman–Crippen LogP) is 4.12. The Morgan fingerprint density at radius 2 is 1.95 bits per heavy atom. The standard InChI is InChI=1S/C18H12N2OS/c19-10-13-17(15-6-3-9-22-15)16-12-5-2-1-4-11(12)7-8-14(16)21-18(13)20/h1-9,17H,20H2/t17-/m1/s1. The van der Waals surface area contributed by atoms with Gasteiger partial charge in [0.05, 0.1) is 5.92 Å². The number of rotatable bonds is 1. The van der Waals surface area contributed by atoms with Crippen molar-refractivity contribution in [1.29, 1.82) is 5.26 Å². The minimum atomic E-state index is -0.167. The fourth-order valence-electron chi connectivity index (χ4n) is 2.98. The molecule has 1 aromatic heterocycles. The molecule has 0 spiro atoms. The van der Waals surface area contributed by atoms with Gasteiger partial charge in [0.2, 0.25) is 5.88 Å². The number of hydrogen-bond acceptors (Lipinski definition) is 4. The maximum atomic E-state index is 9.57. The first-order chi connectivity index (χ1) is 10.8. The molecule has 0 aliphatic carbocycles. The summed E-state index contributed by atoms with van der Waals surface area (Å²) in [6.07, 6.45) is 0. The fraction of sp³-hybridized carbons (Fsp3) is 0.0556. The van der Waals surface area contributed by atoms with Crippen LogP contribution in [0.2, 0.25) is 0 Å². The molecule has 2 aromatic carbocycles. The third-order valence-electron chi connectivity index (χ3n) is 3.94. The molecule has 2 N–H and O–H groups in total. The smallest absolute Gasteiger partial charge is 0.205 e. The molecule has 1 aliphatic heterocycles. The molecule has 4 rings (SSSR count). The average Bonchev–Trinajstić information content (AvgIpc) is 3.07.